The molecule has 0 saturated carbocycles. The number of nitrogens with one attached hydrogen (secondary N) is 3. The predicted octanol–water partition coefficient (Wildman–Crippen LogP) is 3.04. The van der Waals surface area contributed by atoms with E-state index in [1.54, 1.807) is 41.4 Å². The molecule has 2 aliphatic rings. The smallest absolute Gasteiger partial charge is 0.331 e. The fourth-order valence-electron chi connectivity index (χ4n) is 3.85. The number of hydrogen-bond donors (Lipinski definition) is 4. The predicted molar refractivity (Wildman–Crippen MR) is 115 cm³/mol. The highest BCUT2D eigenvalue weighted by Crippen LogP contribution is 2.45. The maximum Gasteiger partial charge on any atom is 0.331 e. The van der Waals surface area contributed by atoms with Gasteiger partial charge in [0.2, 0.25) is 0 Å². The molecule has 5 rings (SSSR count). The number of rotatable bonds is 3. The van der Waals surface area contributed by atoms with Gasteiger partial charge in [-0.3, -0.25) is 9.69 Å². The zero-order valence-corrected chi connectivity index (χ0v) is 16.4. The fourth-order valence-corrected chi connectivity index (χ4v) is 4.87. The van der Waals surface area contributed by atoms with E-state index >= 15 is 0 Å². The van der Waals surface area contributed by atoms with Crippen molar-refractivity contribution in [2.45, 2.75) is 18.9 Å². The quantitative estimate of drug-likeness (QED) is 0.498. The molecule has 8 nitrogen and oxygen atoms in total. The molecule has 0 spiro atoms. The van der Waals surface area contributed by atoms with E-state index in [-0.39, 0.29) is 18.0 Å². The number of hydrogen-bond acceptors (Lipinski definition) is 6. The van der Waals surface area contributed by atoms with Crippen LogP contribution in [0.4, 0.5) is 27.5 Å². The SMILES string of the molecule is Nc1ccc(N2C(=O)Nc3c(C(=O)NC4CCCNC4)sc4nccc2c34)cc1. The first-order valence-corrected chi connectivity index (χ1v) is 10.3. The van der Waals surface area contributed by atoms with Crippen molar-refractivity contribution >= 4 is 56.2 Å². The molecule has 148 valence electrons. The van der Waals surface area contributed by atoms with Crippen LogP contribution in [-0.2, 0) is 0 Å². The van der Waals surface area contributed by atoms with Gasteiger partial charge in [-0.05, 0) is 49.7 Å². The minimum absolute atomic E-state index is 0.0895. The van der Waals surface area contributed by atoms with E-state index in [2.05, 4.69) is 20.9 Å². The van der Waals surface area contributed by atoms with Crippen molar-refractivity contribution < 1.29 is 9.59 Å². The maximum absolute atomic E-state index is 13.0. The molecule has 3 aromatic rings. The third-order valence-corrected chi connectivity index (χ3v) is 6.33. The zero-order valence-electron chi connectivity index (χ0n) is 15.6. The van der Waals surface area contributed by atoms with Gasteiger partial charge in [-0.1, -0.05) is 0 Å². The molecule has 1 aromatic carbocycles. The average molecular weight is 408 g/mol. The van der Waals surface area contributed by atoms with Gasteiger partial charge >= 0.3 is 6.03 Å². The summed E-state index contributed by atoms with van der Waals surface area (Å²) in [6.07, 6.45) is 3.64. The summed E-state index contributed by atoms with van der Waals surface area (Å²) in [7, 11) is 0. The number of nitrogens with zero attached hydrogens (tertiary/aromatic N) is 2. The Morgan fingerprint density at radius 3 is 2.86 bits per heavy atom. The largest absolute Gasteiger partial charge is 0.399 e. The number of aromatic nitrogens is 1. The van der Waals surface area contributed by atoms with Crippen molar-refractivity contribution in [3.63, 3.8) is 0 Å². The summed E-state index contributed by atoms with van der Waals surface area (Å²) in [5, 5.41) is 10.1. The normalized spacial score (nSPS) is 18.6. The lowest BCUT2D eigenvalue weighted by Crippen LogP contribution is -2.45. The van der Waals surface area contributed by atoms with Crippen molar-refractivity contribution in [3.8, 4) is 0 Å². The number of urea groups is 1. The summed E-state index contributed by atoms with van der Waals surface area (Å²) in [5.41, 5.74) is 8.33. The summed E-state index contributed by atoms with van der Waals surface area (Å²) in [6, 6.07) is 8.65. The monoisotopic (exact) mass is 408 g/mol. The molecule has 9 heteroatoms. The molecule has 0 radical (unpaired) electrons. The van der Waals surface area contributed by atoms with Crippen LogP contribution in [0.5, 0.6) is 0 Å². The van der Waals surface area contributed by atoms with Gasteiger partial charge < -0.3 is 21.7 Å². The number of nitrogens with two attached hydrogens (primary N) is 1. The Labute approximate surface area is 171 Å². The molecule has 5 N–H and O–H groups in total. The molecule has 2 aliphatic heterocycles. The van der Waals surface area contributed by atoms with Crippen molar-refractivity contribution in [1.29, 1.82) is 0 Å². The van der Waals surface area contributed by atoms with Crippen LogP contribution in [-0.4, -0.2) is 36.1 Å². The summed E-state index contributed by atoms with van der Waals surface area (Å²) in [4.78, 5) is 33.1. The van der Waals surface area contributed by atoms with Crippen LogP contribution in [0.1, 0.15) is 22.5 Å². The average Bonchev–Trinajstić information content (AvgIpc) is 3.10. The summed E-state index contributed by atoms with van der Waals surface area (Å²) >= 11 is 1.30. The third-order valence-electron chi connectivity index (χ3n) is 5.24. The number of benzene rings is 1. The summed E-state index contributed by atoms with van der Waals surface area (Å²) in [5.74, 6) is -0.177. The van der Waals surface area contributed by atoms with Gasteiger partial charge in [-0.2, -0.15) is 0 Å². The minimum Gasteiger partial charge on any atom is -0.399 e. The van der Waals surface area contributed by atoms with Gasteiger partial charge in [0.1, 0.15) is 9.71 Å². The van der Waals surface area contributed by atoms with Crippen LogP contribution in [0, 0.1) is 0 Å². The highest BCUT2D eigenvalue weighted by atomic mass is 32.1. The maximum atomic E-state index is 13.0. The number of carbonyl (C=O) groups excluding carboxylic acids is 2. The molecule has 3 amide bonds. The Balaban J connectivity index is 1.56. The van der Waals surface area contributed by atoms with Crippen molar-refractivity contribution in [1.82, 2.24) is 15.6 Å². The van der Waals surface area contributed by atoms with E-state index in [0.29, 0.717) is 32.5 Å². The number of carbonyl (C=O) groups is 2. The van der Waals surface area contributed by atoms with Gasteiger partial charge in [0.25, 0.3) is 5.91 Å². The molecule has 1 unspecified atom stereocenters. The van der Waals surface area contributed by atoms with Crippen LogP contribution in [0.15, 0.2) is 36.5 Å². The molecule has 1 saturated heterocycles. The molecule has 29 heavy (non-hydrogen) atoms. The molecule has 0 bridgehead atoms. The van der Waals surface area contributed by atoms with E-state index < -0.39 is 0 Å². The van der Waals surface area contributed by atoms with Gasteiger partial charge in [0.15, 0.2) is 0 Å². The topological polar surface area (TPSA) is 112 Å². The summed E-state index contributed by atoms with van der Waals surface area (Å²) in [6.45, 7) is 1.73. The lowest BCUT2D eigenvalue weighted by molar-refractivity contribution is 0.0935. The van der Waals surface area contributed by atoms with E-state index in [1.807, 2.05) is 0 Å². The first-order valence-electron chi connectivity index (χ1n) is 9.51. The second kappa shape index (κ2) is 7.02. The van der Waals surface area contributed by atoms with E-state index in [1.165, 1.54) is 11.3 Å². The molecule has 1 atom stereocenters. The standard InChI is InChI=1S/C20H20N6O2S/c21-11-3-5-13(6-4-11)26-14-7-9-23-19-15(14)16(25-20(26)28)17(29-19)18(27)24-12-2-1-8-22-10-12/h3-7,9,12,22H,1-2,8,10,21H2,(H,24,27)(H,25,28). The molecule has 1 fully saturated rings. The van der Waals surface area contributed by atoms with Crippen molar-refractivity contribution in [2.75, 3.05) is 29.0 Å². The third kappa shape index (κ3) is 3.08. The van der Waals surface area contributed by atoms with Crippen LogP contribution >= 0.6 is 11.3 Å². The highest BCUT2D eigenvalue weighted by Gasteiger charge is 2.33. The highest BCUT2D eigenvalue weighted by molar-refractivity contribution is 7.21. The van der Waals surface area contributed by atoms with Crippen LogP contribution in [0.2, 0.25) is 0 Å². The zero-order chi connectivity index (χ0) is 20.0. The molecular formula is C20H20N6O2S. The first kappa shape index (κ1) is 17.9. The molecule has 2 aromatic heterocycles. The second-order valence-electron chi connectivity index (χ2n) is 7.19. The van der Waals surface area contributed by atoms with E-state index in [9.17, 15) is 9.59 Å². The number of pyridine rings is 1. The Bertz CT molecular complexity index is 1100. The van der Waals surface area contributed by atoms with Crippen molar-refractivity contribution in [3.05, 3.63) is 41.4 Å². The Morgan fingerprint density at radius 1 is 1.28 bits per heavy atom. The Hall–Kier alpha value is -3.17. The van der Waals surface area contributed by atoms with Gasteiger partial charge in [-0.25, -0.2) is 9.78 Å². The number of amides is 3. The van der Waals surface area contributed by atoms with Gasteiger partial charge in [-0.15, -0.1) is 11.3 Å². The van der Waals surface area contributed by atoms with Crippen LogP contribution in [0.25, 0.3) is 10.2 Å². The number of thiophene rings is 1. The fraction of sp³-hybridized carbons (Fsp3) is 0.250. The van der Waals surface area contributed by atoms with Gasteiger partial charge in [0, 0.05) is 24.5 Å². The van der Waals surface area contributed by atoms with Crippen molar-refractivity contribution in [2.24, 2.45) is 0 Å². The lowest BCUT2D eigenvalue weighted by atomic mass is 10.1. The van der Waals surface area contributed by atoms with Gasteiger partial charge in [0.05, 0.1) is 22.4 Å². The second-order valence-corrected chi connectivity index (χ2v) is 8.19. The first-order chi connectivity index (χ1) is 14.1. The van der Waals surface area contributed by atoms with Crippen LogP contribution in [0.3, 0.4) is 0 Å². The lowest BCUT2D eigenvalue weighted by Gasteiger charge is -2.28. The minimum atomic E-state index is -0.318. The number of anilines is 4. The number of nitrogen functional groups attached to an aromatic ring is 1. The Kier molecular flexibility index (Phi) is 4.33. The molecular weight excluding hydrogens is 388 g/mol. The van der Waals surface area contributed by atoms with E-state index in [0.717, 1.165) is 31.3 Å². The molecule has 4 heterocycles. The summed E-state index contributed by atoms with van der Waals surface area (Å²) < 4.78 is 0. The van der Waals surface area contributed by atoms with Crippen LogP contribution < -0.4 is 26.6 Å². The number of piperidine rings is 1. The molecule has 0 aliphatic carbocycles. The van der Waals surface area contributed by atoms with E-state index in [4.69, 9.17) is 5.73 Å². The Morgan fingerprint density at radius 2 is 2.10 bits per heavy atom.